The van der Waals surface area contributed by atoms with E-state index >= 15 is 0 Å². The number of hydrogen-bond acceptors (Lipinski definition) is 3. The molecular formula is C16H16N4O2. The average Bonchev–Trinajstić information content (AvgIpc) is 2.85. The highest BCUT2D eigenvalue weighted by molar-refractivity contribution is 5.93. The first-order chi connectivity index (χ1) is 10.5. The highest BCUT2D eigenvalue weighted by Gasteiger charge is 2.17. The zero-order chi connectivity index (χ0) is 15.7. The molecule has 0 saturated carbocycles. The lowest BCUT2D eigenvalue weighted by Crippen LogP contribution is -2.31. The molecule has 3 aromatic rings. The number of aromatic amines is 1. The number of fused-ring (bicyclic) bond motifs is 1. The predicted octanol–water partition coefficient (Wildman–Crippen LogP) is 1.60. The van der Waals surface area contributed by atoms with E-state index in [0.717, 1.165) is 11.3 Å². The van der Waals surface area contributed by atoms with Gasteiger partial charge in [-0.3, -0.25) is 9.59 Å². The summed E-state index contributed by atoms with van der Waals surface area (Å²) in [6, 6.07) is 11.4. The van der Waals surface area contributed by atoms with Crippen molar-refractivity contribution in [3.63, 3.8) is 0 Å². The molecular weight excluding hydrogens is 280 g/mol. The third-order valence-electron chi connectivity index (χ3n) is 3.44. The van der Waals surface area contributed by atoms with Gasteiger partial charge in [0.25, 0.3) is 11.5 Å². The Hall–Kier alpha value is -2.89. The third kappa shape index (κ3) is 2.63. The second-order valence-corrected chi connectivity index (χ2v) is 5.26. The van der Waals surface area contributed by atoms with Gasteiger partial charge in [0.05, 0.1) is 5.69 Å². The van der Waals surface area contributed by atoms with Gasteiger partial charge in [-0.15, -0.1) is 0 Å². The lowest BCUT2D eigenvalue weighted by atomic mass is 10.2. The van der Waals surface area contributed by atoms with Crippen molar-refractivity contribution in [1.29, 1.82) is 0 Å². The smallest absolute Gasteiger partial charge is 0.264 e. The molecule has 0 bridgehead atoms. The minimum atomic E-state index is -0.405. The van der Waals surface area contributed by atoms with Crippen LogP contribution in [0.3, 0.4) is 0 Å². The summed E-state index contributed by atoms with van der Waals surface area (Å²) >= 11 is 0. The van der Waals surface area contributed by atoms with Gasteiger partial charge in [0.15, 0.2) is 0 Å². The number of hydrogen-bond donors (Lipinski definition) is 1. The van der Waals surface area contributed by atoms with Gasteiger partial charge in [0, 0.05) is 25.9 Å². The van der Waals surface area contributed by atoms with Crippen molar-refractivity contribution >= 4 is 11.6 Å². The molecule has 0 saturated heterocycles. The predicted molar refractivity (Wildman–Crippen MR) is 82.8 cm³/mol. The number of amides is 1. The standard InChI is InChI=1S/C16H16N4O2/c1-11-8-14-17-15(21)13(10-20(14)18-11)16(22)19(2)9-12-6-4-3-5-7-12/h3-8,10H,9H2,1-2H3,(H,17,21). The number of carbonyl (C=O) groups excluding carboxylic acids is 1. The van der Waals surface area contributed by atoms with Crippen LogP contribution in [0.5, 0.6) is 0 Å². The summed E-state index contributed by atoms with van der Waals surface area (Å²) in [5.41, 5.74) is 2.03. The van der Waals surface area contributed by atoms with Crippen LogP contribution in [0.25, 0.3) is 5.65 Å². The Morgan fingerprint density at radius 1 is 1.32 bits per heavy atom. The molecule has 2 aromatic heterocycles. The minimum Gasteiger partial charge on any atom is -0.337 e. The molecule has 22 heavy (non-hydrogen) atoms. The second kappa shape index (κ2) is 5.48. The maximum Gasteiger partial charge on any atom is 0.264 e. The lowest BCUT2D eigenvalue weighted by molar-refractivity contribution is 0.0782. The van der Waals surface area contributed by atoms with Crippen molar-refractivity contribution in [1.82, 2.24) is 19.5 Å². The number of H-pyrrole nitrogens is 1. The van der Waals surface area contributed by atoms with E-state index in [0.29, 0.717) is 12.2 Å². The fourth-order valence-electron chi connectivity index (χ4n) is 2.36. The maximum absolute atomic E-state index is 12.5. The van der Waals surface area contributed by atoms with E-state index in [2.05, 4.69) is 10.1 Å². The highest BCUT2D eigenvalue weighted by atomic mass is 16.2. The summed E-state index contributed by atoms with van der Waals surface area (Å²) in [5, 5.41) is 4.22. The summed E-state index contributed by atoms with van der Waals surface area (Å²) in [5.74, 6) is -0.333. The summed E-state index contributed by atoms with van der Waals surface area (Å²) in [7, 11) is 1.67. The van der Waals surface area contributed by atoms with Crippen LogP contribution in [0.2, 0.25) is 0 Å². The molecule has 1 N–H and O–H groups in total. The van der Waals surface area contributed by atoms with Gasteiger partial charge in [0.2, 0.25) is 0 Å². The van der Waals surface area contributed by atoms with Gasteiger partial charge < -0.3 is 9.88 Å². The Labute approximate surface area is 127 Å². The maximum atomic E-state index is 12.5. The zero-order valence-electron chi connectivity index (χ0n) is 12.4. The van der Waals surface area contributed by atoms with Gasteiger partial charge in [0.1, 0.15) is 11.2 Å². The molecule has 0 unspecified atom stereocenters. The molecule has 3 rings (SSSR count). The number of aromatic nitrogens is 3. The normalized spacial score (nSPS) is 10.8. The molecule has 2 heterocycles. The Morgan fingerprint density at radius 2 is 2.05 bits per heavy atom. The third-order valence-corrected chi connectivity index (χ3v) is 3.44. The average molecular weight is 296 g/mol. The van der Waals surface area contributed by atoms with E-state index in [9.17, 15) is 9.59 Å². The number of rotatable bonds is 3. The van der Waals surface area contributed by atoms with Crippen LogP contribution < -0.4 is 5.56 Å². The van der Waals surface area contributed by atoms with Crippen LogP contribution in [0.1, 0.15) is 21.6 Å². The van der Waals surface area contributed by atoms with Crippen LogP contribution in [0, 0.1) is 6.92 Å². The summed E-state index contributed by atoms with van der Waals surface area (Å²) < 4.78 is 1.51. The van der Waals surface area contributed by atoms with Crippen LogP contribution in [-0.4, -0.2) is 32.5 Å². The van der Waals surface area contributed by atoms with Crippen molar-refractivity contribution in [3.05, 3.63) is 69.8 Å². The topological polar surface area (TPSA) is 70.5 Å². The Balaban J connectivity index is 1.91. The van der Waals surface area contributed by atoms with Crippen molar-refractivity contribution in [2.24, 2.45) is 0 Å². The van der Waals surface area contributed by atoms with Crippen molar-refractivity contribution in [3.8, 4) is 0 Å². The fourth-order valence-corrected chi connectivity index (χ4v) is 2.36. The second-order valence-electron chi connectivity index (χ2n) is 5.26. The van der Waals surface area contributed by atoms with Crippen molar-refractivity contribution in [2.45, 2.75) is 13.5 Å². The van der Waals surface area contributed by atoms with Gasteiger partial charge >= 0.3 is 0 Å². The molecule has 0 radical (unpaired) electrons. The molecule has 1 aromatic carbocycles. The van der Waals surface area contributed by atoms with Gasteiger partial charge in [-0.1, -0.05) is 30.3 Å². The van der Waals surface area contributed by atoms with E-state index in [4.69, 9.17) is 0 Å². The van der Waals surface area contributed by atoms with E-state index in [1.807, 2.05) is 37.3 Å². The Kier molecular flexibility index (Phi) is 3.50. The largest absolute Gasteiger partial charge is 0.337 e. The number of nitrogens with zero attached hydrogens (tertiary/aromatic N) is 3. The first-order valence-electron chi connectivity index (χ1n) is 6.93. The fraction of sp³-hybridized carbons (Fsp3) is 0.188. The molecule has 1 amide bonds. The molecule has 6 nitrogen and oxygen atoms in total. The summed E-state index contributed by atoms with van der Waals surface area (Å²) in [4.78, 5) is 28.8. The molecule has 6 heteroatoms. The molecule has 0 aliphatic rings. The Morgan fingerprint density at radius 3 is 2.77 bits per heavy atom. The number of carbonyl (C=O) groups is 1. The van der Waals surface area contributed by atoms with E-state index < -0.39 is 5.56 Å². The number of nitrogens with one attached hydrogen (secondary N) is 1. The number of benzene rings is 1. The van der Waals surface area contributed by atoms with E-state index in [-0.39, 0.29) is 11.5 Å². The quantitative estimate of drug-likeness (QED) is 0.798. The molecule has 0 aliphatic heterocycles. The minimum absolute atomic E-state index is 0.0778. The molecule has 0 fully saturated rings. The molecule has 112 valence electrons. The van der Waals surface area contributed by atoms with Gasteiger partial charge in [-0.25, -0.2) is 4.52 Å². The molecule has 0 aliphatic carbocycles. The summed E-state index contributed by atoms with van der Waals surface area (Å²) in [6.07, 6.45) is 1.48. The molecule has 0 atom stereocenters. The monoisotopic (exact) mass is 296 g/mol. The number of aryl methyl sites for hydroxylation is 1. The van der Waals surface area contributed by atoms with Crippen molar-refractivity contribution < 1.29 is 4.79 Å². The van der Waals surface area contributed by atoms with Gasteiger partial charge in [-0.05, 0) is 12.5 Å². The van der Waals surface area contributed by atoms with Crippen LogP contribution >= 0.6 is 0 Å². The van der Waals surface area contributed by atoms with Crippen LogP contribution in [-0.2, 0) is 6.54 Å². The first-order valence-corrected chi connectivity index (χ1v) is 6.93. The van der Waals surface area contributed by atoms with Crippen LogP contribution in [0.15, 0.2) is 47.4 Å². The van der Waals surface area contributed by atoms with E-state index in [1.165, 1.54) is 15.6 Å². The lowest BCUT2D eigenvalue weighted by Gasteiger charge is -2.16. The zero-order valence-corrected chi connectivity index (χ0v) is 12.4. The highest BCUT2D eigenvalue weighted by Crippen LogP contribution is 2.07. The summed E-state index contributed by atoms with van der Waals surface area (Å²) in [6.45, 7) is 2.27. The molecule has 0 spiro atoms. The SMILES string of the molecule is Cc1cc2[nH]c(=O)c(C(=O)N(C)Cc3ccccc3)cn2n1. The van der Waals surface area contributed by atoms with Crippen LogP contribution in [0.4, 0.5) is 0 Å². The Bertz CT molecular complexity index is 880. The van der Waals surface area contributed by atoms with E-state index in [1.54, 1.807) is 13.1 Å². The van der Waals surface area contributed by atoms with Crippen molar-refractivity contribution in [2.75, 3.05) is 7.05 Å². The first kappa shape index (κ1) is 14.1. The van der Waals surface area contributed by atoms with Gasteiger partial charge in [-0.2, -0.15) is 5.10 Å².